The number of hydrogen-bond donors (Lipinski definition) is 0. The van der Waals surface area contributed by atoms with Gasteiger partial charge < -0.3 is 0 Å². The molecule has 0 radical (unpaired) electrons. The van der Waals surface area contributed by atoms with Gasteiger partial charge in [0.25, 0.3) is 0 Å². The maximum Gasteiger partial charge on any atom is -0.0153 e. The van der Waals surface area contributed by atoms with Crippen molar-refractivity contribution in [1.82, 2.24) is 0 Å². The van der Waals surface area contributed by atoms with Gasteiger partial charge in [0, 0.05) is 0 Å². The minimum Gasteiger partial charge on any atom is -0.0866 e. The van der Waals surface area contributed by atoms with Crippen LogP contribution in [0, 0.1) is 0 Å². The first-order valence-corrected chi connectivity index (χ1v) is 16.1. The molecular formula is C25H29P3. The van der Waals surface area contributed by atoms with Gasteiger partial charge in [-0.05, 0) is 61.8 Å². The molecule has 4 rings (SSSR count). The lowest BCUT2D eigenvalue weighted by molar-refractivity contribution is 0.661. The highest BCUT2D eigenvalue weighted by atomic mass is 32.5. The minimum absolute atomic E-state index is 0.0504. The molecule has 3 atom stereocenters. The van der Waals surface area contributed by atoms with E-state index >= 15 is 0 Å². The lowest BCUT2D eigenvalue weighted by Gasteiger charge is -2.30. The van der Waals surface area contributed by atoms with E-state index in [2.05, 4.69) is 84.9 Å². The molecule has 1 aliphatic heterocycles. The van der Waals surface area contributed by atoms with Crippen LogP contribution in [0.3, 0.4) is 0 Å². The van der Waals surface area contributed by atoms with Crippen molar-refractivity contribution in [2.45, 2.75) is 32.1 Å². The quantitative estimate of drug-likeness (QED) is 0.379. The molecule has 0 aliphatic carbocycles. The van der Waals surface area contributed by atoms with Crippen LogP contribution >= 0.6 is 23.2 Å². The van der Waals surface area contributed by atoms with Gasteiger partial charge in [-0.3, -0.25) is 0 Å². The van der Waals surface area contributed by atoms with Crippen LogP contribution in [0.4, 0.5) is 0 Å². The highest BCUT2D eigenvalue weighted by Gasteiger charge is 2.24. The molecule has 3 aromatic carbocycles. The van der Waals surface area contributed by atoms with Gasteiger partial charge in [0.05, 0.1) is 0 Å². The summed E-state index contributed by atoms with van der Waals surface area (Å²) in [5, 5.41) is 3.26. The Bertz CT molecular complexity index is 831. The Morgan fingerprint density at radius 2 is 1.14 bits per heavy atom. The zero-order valence-electron chi connectivity index (χ0n) is 16.4. The molecule has 0 amide bonds. The Morgan fingerprint density at radius 3 is 1.89 bits per heavy atom. The third-order valence-corrected chi connectivity index (χ3v) is 18.3. The topological polar surface area (TPSA) is 0 Å². The molecule has 3 aromatic rings. The second-order valence-corrected chi connectivity index (χ2v) is 17.1. The first kappa shape index (κ1) is 20.2. The van der Waals surface area contributed by atoms with Crippen molar-refractivity contribution in [3.05, 3.63) is 84.9 Å². The van der Waals surface area contributed by atoms with Crippen molar-refractivity contribution in [3.8, 4) is 11.1 Å². The smallest absolute Gasteiger partial charge is 0.0153 e. The Balaban J connectivity index is 1.63. The van der Waals surface area contributed by atoms with Crippen molar-refractivity contribution in [1.29, 1.82) is 0 Å². The van der Waals surface area contributed by atoms with E-state index in [4.69, 9.17) is 0 Å². The summed E-state index contributed by atoms with van der Waals surface area (Å²) < 4.78 is 0. The second kappa shape index (κ2) is 10.6. The maximum atomic E-state index is 2.45. The normalized spacial score (nSPS) is 22.0. The molecule has 0 aromatic heterocycles. The van der Waals surface area contributed by atoms with Crippen molar-refractivity contribution < 1.29 is 0 Å². The van der Waals surface area contributed by atoms with Gasteiger partial charge in [-0.1, -0.05) is 112 Å². The predicted octanol–water partition coefficient (Wildman–Crippen LogP) is 7.74. The van der Waals surface area contributed by atoms with Gasteiger partial charge in [-0.25, -0.2) is 0 Å². The summed E-state index contributed by atoms with van der Waals surface area (Å²) in [5.74, 6) is 0. The molecule has 3 heteroatoms. The highest BCUT2D eigenvalue weighted by molar-refractivity contribution is 8.60. The van der Waals surface area contributed by atoms with Crippen LogP contribution in [0.15, 0.2) is 84.9 Å². The second-order valence-electron chi connectivity index (χ2n) is 7.36. The van der Waals surface area contributed by atoms with Crippen LogP contribution in [0.2, 0.25) is 0 Å². The molecule has 1 aliphatic rings. The van der Waals surface area contributed by atoms with Crippen molar-refractivity contribution >= 4 is 33.8 Å². The Kier molecular flexibility index (Phi) is 7.69. The molecule has 0 N–H and O–H groups in total. The van der Waals surface area contributed by atoms with Crippen molar-refractivity contribution in [2.75, 3.05) is 12.3 Å². The molecule has 0 saturated carbocycles. The first-order chi connectivity index (χ1) is 13.9. The molecule has 1 saturated heterocycles. The fourth-order valence-electron chi connectivity index (χ4n) is 3.79. The molecule has 28 heavy (non-hydrogen) atoms. The minimum atomic E-state index is -0.0832. The number of benzene rings is 3. The van der Waals surface area contributed by atoms with Gasteiger partial charge in [0.1, 0.15) is 0 Å². The fourth-order valence-corrected chi connectivity index (χ4v) is 17.5. The third-order valence-electron chi connectivity index (χ3n) is 5.32. The van der Waals surface area contributed by atoms with E-state index in [1.54, 1.807) is 10.6 Å². The van der Waals surface area contributed by atoms with Crippen molar-refractivity contribution in [3.63, 3.8) is 0 Å². The zero-order chi connectivity index (χ0) is 19.0. The highest BCUT2D eigenvalue weighted by Crippen LogP contribution is 2.78. The third kappa shape index (κ3) is 5.30. The number of rotatable bonds is 3. The van der Waals surface area contributed by atoms with Gasteiger partial charge >= 0.3 is 0 Å². The van der Waals surface area contributed by atoms with Crippen LogP contribution in [-0.4, -0.2) is 12.3 Å². The molecule has 0 spiro atoms. The standard InChI is InChI=1S/C25H29P3/c1-2-10-20-26-28(25-14-8-5-9-15-25)27(21-11-3-1)24-18-16-23(17-19-24)22-12-6-4-7-13-22/h4-9,12-19,26H,1-3,10-11,20-21H2. The molecular weight excluding hydrogens is 393 g/mol. The van der Waals surface area contributed by atoms with Crippen LogP contribution in [0.1, 0.15) is 32.1 Å². The Morgan fingerprint density at radius 1 is 0.536 bits per heavy atom. The van der Waals surface area contributed by atoms with Gasteiger partial charge in [-0.15, -0.1) is 0 Å². The predicted molar refractivity (Wildman–Crippen MR) is 133 cm³/mol. The fraction of sp³-hybridized carbons (Fsp3) is 0.280. The van der Waals surface area contributed by atoms with Crippen LogP contribution in [0.5, 0.6) is 0 Å². The van der Waals surface area contributed by atoms with Crippen molar-refractivity contribution in [2.24, 2.45) is 0 Å². The molecule has 1 heterocycles. The lowest BCUT2D eigenvalue weighted by Crippen LogP contribution is -2.07. The molecule has 0 bridgehead atoms. The van der Waals surface area contributed by atoms with E-state index < -0.39 is 0 Å². The van der Waals surface area contributed by atoms with E-state index in [0.29, 0.717) is 0 Å². The summed E-state index contributed by atoms with van der Waals surface area (Å²) in [6.07, 6.45) is 9.97. The lowest BCUT2D eigenvalue weighted by atomic mass is 10.1. The number of hydrogen-bond acceptors (Lipinski definition) is 0. The van der Waals surface area contributed by atoms with Gasteiger partial charge in [-0.2, -0.15) is 0 Å². The summed E-state index contributed by atoms with van der Waals surface area (Å²) in [6, 6.07) is 31.8. The first-order valence-electron chi connectivity index (χ1n) is 10.4. The maximum absolute atomic E-state index is 2.45. The van der Waals surface area contributed by atoms with Gasteiger partial charge in [0.15, 0.2) is 0 Å². The van der Waals surface area contributed by atoms with Crippen LogP contribution in [0.25, 0.3) is 11.1 Å². The molecule has 144 valence electrons. The molecule has 3 unspecified atom stereocenters. The molecule has 1 fully saturated rings. The van der Waals surface area contributed by atoms with E-state index in [-0.39, 0.29) is 14.9 Å². The summed E-state index contributed by atoms with van der Waals surface area (Å²) >= 11 is 0. The van der Waals surface area contributed by atoms with E-state index in [0.717, 1.165) is 8.27 Å². The zero-order valence-corrected chi connectivity index (χ0v) is 19.2. The average molecular weight is 422 g/mol. The van der Waals surface area contributed by atoms with E-state index in [9.17, 15) is 0 Å². The summed E-state index contributed by atoms with van der Waals surface area (Å²) in [7, 11) is 0.987. The van der Waals surface area contributed by atoms with E-state index in [1.807, 2.05) is 0 Å². The SMILES string of the molecule is c1ccc(-c2ccc(P3CCCCCCCPP3c3ccccc3)cc2)cc1. The van der Waals surface area contributed by atoms with Crippen LogP contribution in [-0.2, 0) is 0 Å². The molecule has 0 nitrogen and oxygen atoms in total. The Labute approximate surface area is 174 Å². The van der Waals surface area contributed by atoms with Gasteiger partial charge in [0.2, 0.25) is 0 Å². The average Bonchev–Trinajstić information content (AvgIpc) is 2.78. The summed E-state index contributed by atoms with van der Waals surface area (Å²) in [5.41, 5.74) is 2.66. The summed E-state index contributed by atoms with van der Waals surface area (Å²) in [4.78, 5) is 0. The van der Waals surface area contributed by atoms with E-state index in [1.165, 1.54) is 55.6 Å². The van der Waals surface area contributed by atoms with Crippen LogP contribution < -0.4 is 10.6 Å². The summed E-state index contributed by atoms with van der Waals surface area (Å²) in [6.45, 7) is 0. The largest absolute Gasteiger partial charge is 0.0866 e. The Hall–Kier alpha value is -1.05. The monoisotopic (exact) mass is 422 g/mol.